The van der Waals surface area contributed by atoms with Crippen LogP contribution in [-0.2, 0) is 50.1 Å². The fourth-order valence-electron chi connectivity index (χ4n) is 5.95. The summed E-state index contributed by atoms with van der Waals surface area (Å²) in [6, 6.07) is 6.88. The van der Waals surface area contributed by atoms with E-state index in [1.807, 2.05) is 28.8 Å². The molecule has 2 fully saturated rings. The van der Waals surface area contributed by atoms with Gasteiger partial charge in [0.15, 0.2) is 24.3 Å². The van der Waals surface area contributed by atoms with Crippen LogP contribution in [-0.4, -0.2) is 69.1 Å². The number of esters is 3. The van der Waals surface area contributed by atoms with Gasteiger partial charge in [0.1, 0.15) is 31.1 Å². The zero-order chi connectivity index (χ0) is 33.8. The average molecular weight is 661 g/mol. The molecule has 1 N–H and O–H groups in total. The molecule has 14 heteroatoms. The quantitative estimate of drug-likeness (QED) is 0.222. The molecule has 1 aliphatic heterocycles. The van der Waals surface area contributed by atoms with E-state index in [0.29, 0.717) is 16.3 Å². The first-order valence-corrected chi connectivity index (χ1v) is 15.9. The second-order valence-corrected chi connectivity index (χ2v) is 13.1. The van der Waals surface area contributed by atoms with E-state index in [9.17, 15) is 19.2 Å². The van der Waals surface area contributed by atoms with Crippen molar-refractivity contribution in [2.75, 3.05) is 6.61 Å². The predicted molar refractivity (Wildman–Crippen MR) is 167 cm³/mol. The molecule has 0 unspecified atom stereocenters. The van der Waals surface area contributed by atoms with Gasteiger partial charge in [-0.1, -0.05) is 45.7 Å². The monoisotopic (exact) mass is 660 g/mol. The van der Waals surface area contributed by atoms with Crippen molar-refractivity contribution in [1.29, 1.82) is 0 Å². The number of nitrogens with one attached hydrogen (secondary N) is 1. The Labute approximate surface area is 273 Å². The van der Waals surface area contributed by atoms with Gasteiger partial charge in [0.2, 0.25) is 10.7 Å². The number of aromatic nitrogens is 3. The Bertz CT molecular complexity index is 1470. The van der Waals surface area contributed by atoms with Crippen LogP contribution in [0.15, 0.2) is 24.3 Å². The van der Waals surface area contributed by atoms with Gasteiger partial charge in [-0.05, 0) is 48.2 Å². The van der Waals surface area contributed by atoms with Crippen molar-refractivity contribution in [3.63, 3.8) is 0 Å². The first-order chi connectivity index (χ1) is 21.6. The third-order valence-electron chi connectivity index (χ3n) is 8.01. The van der Waals surface area contributed by atoms with Crippen molar-refractivity contribution < 1.29 is 42.9 Å². The van der Waals surface area contributed by atoms with E-state index >= 15 is 0 Å². The molecule has 1 aromatic carbocycles. The van der Waals surface area contributed by atoms with Crippen LogP contribution in [0.4, 0.5) is 0 Å². The highest BCUT2D eigenvalue weighted by molar-refractivity contribution is 7.71. The Morgan fingerprint density at radius 3 is 2.11 bits per heavy atom. The highest BCUT2D eigenvalue weighted by Gasteiger charge is 2.52. The standard InChI is InChI=1S/C32H44N4O9S/c1-18(37)33-27-29(44-21(4)40)28(43-20(3)39)25(16-41-19(2)38)45-30(27)36-31(46)35(23-10-8-9-11-23)26(34-36)17-42-24-14-12-22(13-15-24)32(5,6)7/h12-15,23,25,27-30H,8-11,16-17H2,1-7H3,(H,33,37)/t25-,27-,28-,29-,30-/m1/s1. The van der Waals surface area contributed by atoms with Gasteiger partial charge >= 0.3 is 17.9 Å². The van der Waals surface area contributed by atoms with Gasteiger partial charge in [0, 0.05) is 33.7 Å². The summed E-state index contributed by atoms with van der Waals surface area (Å²) >= 11 is 5.99. The third-order valence-corrected chi connectivity index (χ3v) is 8.40. The van der Waals surface area contributed by atoms with E-state index in [4.69, 9.17) is 41.0 Å². The maximum Gasteiger partial charge on any atom is 0.303 e. The number of hydrogen-bond donors (Lipinski definition) is 1. The van der Waals surface area contributed by atoms with Crippen LogP contribution in [0.2, 0.25) is 0 Å². The Hall–Kier alpha value is -3.78. The van der Waals surface area contributed by atoms with E-state index in [2.05, 4.69) is 26.1 Å². The molecular weight excluding hydrogens is 616 g/mol. The molecule has 0 bridgehead atoms. The third kappa shape index (κ3) is 8.52. The van der Waals surface area contributed by atoms with Gasteiger partial charge in [-0.2, -0.15) is 5.10 Å². The van der Waals surface area contributed by atoms with Gasteiger partial charge in [-0.25, -0.2) is 4.68 Å². The first-order valence-electron chi connectivity index (χ1n) is 15.5. The summed E-state index contributed by atoms with van der Waals surface area (Å²) in [6.45, 7) is 11.1. The van der Waals surface area contributed by atoms with Gasteiger partial charge in [0.25, 0.3) is 0 Å². The van der Waals surface area contributed by atoms with Crippen LogP contribution < -0.4 is 10.1 Å². The largest absolute Gasteiger partial charge is 0.486 e. The zero-order valence-corrected chi connectivity index (χ0v) is 28.3. The minimum absolute atomic E-state index is 0.00375. The molecule has 13 nitrogen and oxygen atoms in total. The van der Waals surface area contributed by atoms with E-state index in [-0.39, 0.29) is 24.7 Å². The Kier molecular flexibility index (Phi) is 11.3. The van der Waals surface area contributed by atoms with Crippen molar-refractivity contribution in [2.24, 2.45) is 0 Å². The Balaban J connectivity index is 1.77. The fourth-order valence-corrected chi connectivity index (χ4v) is 6.35. The van der Waals surface area contributed by atoms with Crippen LogP contribution >= 0.6 is 12.2 Å². The van der Waals surface area contributed by atoms with Crippen molar-refractivity contribution in [3.05, 3.63) is 40.4 Å². The van der Waals surface area contributed by atoms with E-state index in [0.717, 1.165) is 25.7 Å². The molecule has 5 atom stereocenters. The molecule has 4 rings (SSSR count). The molecule has 1 aromatic heterocycles. The van der Waals surface area contributed by atoms with Crippen molar-refractivity contribution >= 4 is 36.0 Å². The maximum absolute atomic E-state index is 12.5. The second-order valence-electron chi connectivity index (χ2n) is 12.8. The van der Waals surface area contributed by atoms with Crippen LogP contribution in [0.3, 0.4) is 0 Å². The van der Waals surface area contributed by atoms with Crippen molar-refractivity contribution in [2.45, 2.75) is 123 Å². The van der Waals surface area contributed by atoms with Crippen LogP contribution in [0, 0.1) is 4.77 Å². The molecule has 1 saturated heterocycles. The number of amides is 1. The number of hydrogen-bond acceptors (Lipinski definition) is 11. The molecule has 1 aliphatic carbocycles. The Morgan fingerprint density at radius 1 is 0.957 bits per heavy atom. The lowest BCUT2D eigenvalue weighted by atomic mass is 9.87. The summed E-state index contributed by atoms with van der Waals surface area (Å²) in [6.07, 6.45) is -0.829. The summed E-state index contributed by atoms with van der Waals surface area (Å²) in [5.41, 5.74) is 1.17. The van der Waals surface area contributed by atoms with E-state index in [1.54, 1.807) is 0 Å². The number of rotatable bonds is 10. The lowest BCUT2D eigenvalue weighted by Gasteiger charge is -2.45. The number of carbonyl (C=O) groups excluding carboxylic acids is 4. The lowest BCUT2D eigenvalue weighted by Crippen LogP contribution is -2.64. The smallest absolute Gasteiger partial charge is 0.303 e. The summed E-state index contributed by atoms with van der Waals surface area (Å²) in [7, 11) is 0. The SMILES string of the molecule is CC(=O)N[C@@H]1[C@@H](OC(C)=O)[C@H](OC(C)=O)[C@@H](COC(C)=O)O[C@H]1n1nc(COc2ccc(C(C)(C)C)cc2)n(C2CCCC2)c1=S. The number of nitrogens with zero attached hydrogens (tertiary/aromatic N) is 3. The highest BCUT2D eigenvalue weighted by atomic mass is 32.1. The van der Waals surface area contributed by atoms with Crippen LogP contribution in [0.1, 0.15) is 97.8 Å². The van der Waals surface area contributed by atoms with E-state index < -0.39 is 54.4 Å². The molecule has 1 amide bonds. The summed E-state index contributed by atoms with van der Waals surface area (Å²) in [4.78, 5) is 48.7. The molecule has 2 aromatic rings. The van der Waals surface area contributed by atoms with Gasteiger partial charge in [-0.15, -0.1) is 0 Å². The number of carbonyl (C=O) groups is 4. The topological polar surface area (TPSA) is 149 Å². The zero-order valence-electron chi connectivity index (χ0n) is 27.4. The molecule has 0 radical (unpaired) electrons. The number of benzene rings is 1. The van der Waals surface area contributed by atoms with Crippen molar-refractivity contribution in [3.8, 4) is 5.75 Å². The van der Waals surface area contributed by atoms with Gasteiger partial charge < -0.3 is 29.0 Å². The summed E-state index contributed by atoms with van der Waals surface area (Å²) < 4.78 is 32.8. The second kappa shape index (κ2) is 14.8. The molecular formula is C32H44N4O9S. The van der Waals surface area contributed by atoms with Gasteiger partial charge in [-0.3, -0.25) is 23.7 Å². The molecule has 252 valence electrons. The maximum atomic E-state index is 12.5. The Morgan fingerprint density at radius 2 is 1.57 bits per heavy atom. The molecule has 1 saturated carbocycles. The summed E-state index contributed by atoms with van der Waals surface area (Å²) in [5, 5.41) is 7.64. The molecule has 0 spiro atoms. The van der Waals surface area contributed by atoms with Crippen LogP contribution in [0.25, 0.3) is 0 Å². The average Bonchev–Trinajstić information content (AvgIpc) is 3.59. The highest BCUT2D eigenvalue weighted by Crippen LogP contribution is 2.36. The van der Waals surface area contributed by atoms with Crippen LogP contribution in [0.5, 0.6) is 5.75 Å². The summed E-state index contributed by atoms with van der Waals surface area (Å²) in [5.74, 6) is -1.21. The lowest BCUT2D eigenvalue weighted by molar-refractivity contribution is -0.239. The normalized spacial score (nSPS) is 23.4. The fraction of sp³-hybridized carbons (Fsp3) is 0.625. The molecule has 2 heterocycles. The minimum Gasteiger partial charge on any atom is -0.486 e. The minimum atomic E-state index is -1.23. The molecule has 46 heavy (non-hydrogen) atoms. The predicted octanol–water partition coefficient (Wildman–Crippen LogP) is 4.23. The number of ether oxygens (including phenoxy) is 5. The van der Waals surface area contributed by atoms with E-state index in [1.165, 1.54) is 37.9 Å². The molecule has 2 aliphatic rings. The first kappa shape index (κ1) is 35.1. The van der Waals surface area contributed by atoms with Crippen molar-refractivity contribution in [1.82, 2.24) is 19.7 Å². The van der Waals surface area contributed by atoms with Gasteiger partial charge in [0.05, 0.1) is 0 Å².